The molecule has 0 aliphatic heterocycles. The van der Waals surface area contributed by atoms with Crippen LogP contribution in [0.1, 0.15) is 16.7 Å². The maximum Gasteiger partial charge on any atom is 0.129 e. The van der Waals surface area contributed by atoms with Crippen molar-refractivity contribution in [1.82, 2.24) is 0 Å². The van der Waals surface area contributed by atoms with Gasteiger partial charge in [-0.05, 0) is 41.9 Å². The first kappa shape index (κ1) is 20.9. The third-order valence-electron chi connectivity index (χ3n) is 5.02. The molecule has 31 heavy (non-hydrogen) atoms. The minimum absolute atomic E-state index is 0.414. The first-order valence-electron chi connectivity index (χ1n) is 10.4. The lowest BCUT2D eigenvalue weighted by Crippen LogP contribution is -2.23. The molecule has 0 heterocycles. The van der Waals surface area contributed by atoms with Gasteiger partial charge in [0, 0.05) is 18.0 Å². The molecule has 0 aromatic heterocycles. The molecule has 0 radical (unpaired) electrons. The Kier molecular flexibility index (Phi) is 7.16. The molecule has 0 fully saturated rings. The summed E-state index contributed by atoms with van der Waals surface area (Å²) in [4.78, 5) is 9.09. The smallest absolute Gasteiger partial charge is 0.129 e. The van der Waals surface area contributed by atoms with Gasteiger partial charge in [-0.15, -0.1) is 0 Å². The summed E-state index contributed by atoms with van der Waals surface area (Å²) < 4.78 is 0. The molecular formula is C28H25N2P. The van der Waals surface area contributed by atoms with E-state index < -0.39 is 7.92 Å². The van der Waals surface area contributed by atoms with Crippen LogP contribution in [-0.4, -0.2) is 19.1 Å². The van der Waals surface area contributed by atoms with Gasteiger partial charge in [0.15, 0.2) is 0 Å². The Morgan fingerprint density at radius 3 is 1.68 bits per heavy atom. The van der Waals surface area contributed by atoms with Crippen LogP contribution in [0.5, 0.6) is 0 Å². The molecule has 4 aromatic carbocycles. The highest BCUT2D eigenvalue weighted by Crippen LogP contribution is 2.33. The minimum Gasteiger partial charge on any atom is -0.269 e. The first-order valence-corrected chi connectivity index (χ1v) is 11.7. The third kappa shape index (κ3) is 5.42. The zero-order chi connectivity index (χ0) is 21.3. The fourth-order valence-corrected chi connectivity index (χ4v) is 5.86. The predicted molar refractivity (Wildman–Crippen MR) is 136 cm³/mol. The highest BCUT2D eigenvalue weighted by Gasteiger charge is 2.18. The summed E-state index contributed by atoms with van der Waals surface area (Å²) in [5, 5.41) is 3.98. The van der Waals surface area contributed by atoms with E-state index in [9.17, 15) is 0 Å². The van der Waals surface area contributed by atoms with Crippen LogP contribution in [0.2, 0.25) is 0 Å². The van der Waals surface area contributed by atoms with Crippen LogP contribution in [0.15, 0.2) is 119 Å². The third-order valence-corrected chi connectivity index (χ3v) is 7.54. The van der Waals surface area contributed by atoms with Crippen molar-refractivity contribution in [3.63, 3.8) is 0 Å². The molecular weight excluding hydrogens is 395 g/mol. The molecule has 0 atom stereocenters. The van der Waals surface area contributed by atoms with E-state index in [4.69, 9.17) is 0 Å². The summed E-state index contributed by atoms with van der Waals surface area (Å²) in [6.45, 7) is 2.51. The normalized spacial score (nSPS) is 11.5. The number of benzene rings is 4. The second-order valence-electron chi connectivity index (χ2n) is 7.19. The maximum atomic E-state index is 4.60. The number of nitrogens with zero attached hydrogens (tertiary/aromatic N) is 2. The number of aliphatic imine (C=N–C) groups is 2. The minimum atomic E-state index is -0.661. The van der Waals surface area contributed by atoms with Gasteiger partial charge in [0.1, 0.15) is 6.67 Å². The fourth-order valence-electron chi connectivity index (χ4n) is 3.44. The molecule has 0 saturated carbocycles. The van der Waals surface area contributed by atoms with E-state index in [0.717, 1.165) is 11.1 Å². The highest BCUT2D eigenvalue weighted by molar-refractivity contribution is 7.80. The maximum absolute atomic E-state index is 4.60. The summed E-state index contributed by atoms with van der Waals surface area (Å²) in [6, 6.07) is 38.3. The molecule has 4 rings (SSSR count). The topological polar surface area (TPSA) is 24.7 Å². The SMILES string of the molecule is Cc1ccccc1/C=N/C/N=C/c1ccccc1P(c1ccccc1)c1ccccc1. The standard InChI is InChI=1S/C28H25N2P/c1-23-12-8-9-13-24(23)20-29-22-30-21-25-14-10-11-19-28(25)31(26-15-4-2-5-16-26)27-17-6-3-7-18-27/h2-21H,22H2,1H3/b29-20+,30-21+. The molecule has 0 N–H and O–H groups in total. The Bertz CT molecular complexity index is 1130. The van der Waals surface area contributed by atoms with Crippen molar-refractivity contribution >= 4 is 36.3 Å². The number of aryl methyl sites for hydroxylation is 1. The quantitative estimate of drug-likeness (QED) is 0.288. The Balaban J connectivity index is 1.61. The molecule has 0 aliphatic rings. The molecule has 4 aromatic rings. The van der Waals surface area contributed by atoms with E-state index in [1.165, 1.54) is 21.5 Å². The Morgan fingerprint density at radius 2 is 1.06 bits per heavy atom. The summed E-state index contributed by atoms with van der Waals surface area (Å²) in [7, 11) is -0.661. The Morgan fingerprint density at radius 1 is 0.581 bits per heavy atom. The number of hydrogen-bond donors (Lipinski definition) is 0. The van der Waals surface area contributed by atoms with Crippen molar-refractivity contribution in [2.24, 2.45) is 9.98 Å². The van der Waals surface area contributed by atoms with E-state index in [1.807, 2.05) is 24.6 Å². The molecule has 0 saturated heterocycles. The summed E-state index contributed by atoms with van der Waals surface area (Å²) in [5.41, 5.74) is 3.50. The Labute approximate surface area is 185 Å². The van der Waals surface area contributed by atoms with Gasteiger partial charge in [0.05, 0.1) is 0 Å². The highest BCUT2D eigenvalue weighted by atomic mass is 31.1. The van der Waals surface area contributed by atoms with Gasteiger partial charge in [-0.1, -0.05) is 109 Å². The largest absolute Gasteiger partial charge is 0.269 e. The molecule has 3 heteroatoms. The van der Waals surface area contributed by atoms with Crippen LogP contribution >= 0.6 is 7.92 Å². The van der Waals surface area contributed by atoms with Crippen molar-refractivity contribution in [2.45, 2.75) is 6.92 Å². The second-order valence-corrected chi connectivity index (χ2v) is 9.37. The van der Waals surface area contributed by atoms with Gasteiger partial charge in [0.2, 0.25) is 0 Å². The van der Waals surface area contributed by atoms with Gasteiger partial charge in [0.25, 0.3) is 0 Å². The molecule has 152 valence electrons. The van der Waals surface area contributed by atoms with Gasteiger partial charge in [-0.25, -0.2) is 0 Å². The summed E-state index contributed by atoms with van der Waals surface area (Å²) >= 11 is 0. The second kappa shape index (κ2) is 10.6. The van der Waals surface area contributed by atoms with Gasteiger partial charge >= 0.3 is 0 Å². The molecule has 2 nitrogen and oxygen atoms in total. The number of hydrogen-bond acceptors (Lipinski definition) is 2. The van der Waals surface area contributed by atoms with E-state index >= 15 is 0 Å². The van der Waals surface area contributed by atoms with Gasteiger partial charge in [-0.3, -0.25) is 9.98 Å². The van der Waals surface area contributed by atoms with E-state index in [1.54, 1.807) is 0 Å². The average Bonchev–Trinajstić information content (AvgIpc) is 2.82. The van der Waals surface area contributed by atoms with Crippen LogP contribution < -0.4 is 15.9 Å². The summed E-state index contributed by atoms with van der Waals surface area (Å²) in [5.74, 6) is 0. The van der Waals surface area contributed by atoms with Crippen molar-refractivity contribution in [3.05, 3.63) is 126 Å². The molecule has 0 bridgehead atoms. The molecule has 0 aliphatic carbocycles. The van der Waals surface area contributed by atoms with E-state index in [2.05, 4.69) is 114 Å². The van der Waals surface area contributed by atoms with Crippen LogP contribution in [0.3, 0.4) is 0 Å². The summed E-state index contributed by atoms with van der Waals surface area (Å²) in [6.07, 6.45) is 3.87. The lowest BCUT2D eigenvalue weighted by atomic mass is 10.1. The van der Waals surface area contributed by atoms with Gasteiger partial charge in [-0.2, -0.15) is 0 Å². The average molecular weight is 420 g/mol. The van der Waals surface area contributed by atoms with Crippen LogP contribution in [0.25, 0.3) is 0 Å². The zero-order valence-corrected chi connectivity index (χ0v) is 18.5. The van der Waals surface area contributed by atoms with Crippen molar-refractivity contribution in [1.29, 1.82) is 0 Å². The van der Waals surface area contributed by atoms with E-state index in [-0.39, 0.29) is 0 Å². The number of rotatable bonds is 7. The van der Waals surface area contributed by atoms with Crippen molar-refractivity contribution in [3.8, 4) is 0 Å². The molecule has 0 unspecified atom stereocenters. The van der Waals surface area contributed by atoms with Crippen molar-refractivity contribution < 1.29 is 0 Å². The molecule has 0 spiro atoms. The van der Waals surface area contributed by atoms with Crippen molar-refractivity contribution in [2.75, 3.05) is 6.67 Å². The first-order chi connectivity index (χ1) is 15.3. The van der Waals surface area contributed by atoms with E-state index in [0.29, 0.717) is 6.67 Å². The molecule has 0 amide bonds. The Hall–Kier alpha value is -3.35. The fraction of sp³-hybridized carbons (Fsp3) is 0.0714. The van der Waals surface area contributed by atoms with Crippen LogP contribution in [0, 0.1) is 6.92 Å². The van der Waals surface area contributed by atoms with Gasteiger partial charge < -0.3 is 0 Å². The lowest BCUT2D eigenvalue weighted by molar-refractivity contribution is 1.08. The predicted octanol–water partition coefficient (Wildman–Crippen LogP) is 5.25. The monoisotopic (exact) mass is 420 g/mol. The lowest BCUT2D eigenvalue weighted by Gasteiger charge is -2.21. The van der Waals surface area contributed by atoms with Crippen LogP contribution in [0.4, 0.5) is 0 Å². The van der Waals surface area contributed by atoms with Crippen LogP contribution in [-0.2, 0) is 0 Å². The zero-order valence-electron chi connectivity index (χ0n) is 17.6.